The molecule has 0 aromatic heterocycles. The third-order valence-corrected chi connectivity index (χ3v) is 5.50. The fourth-order valence-electron chi connectivity index (χ4n) is 1.96. The van der Waals surface area contributed by atoms with Crippen LogP contribution < -0.4 is 0 Å². The zero-order valence-corrected chi connectivity index (χ0v) is 13.6. The molecular weight excluding hydrogens is 329 g/mol. The zero-order chi connectivity index (χ0) is 15.3. The molecule has 2 aromatic carbocycles. The average molecular weight is 344 g/mol. The summed E-state index contributed by atoms with van der Waals surface area (Å²) in [7, 11) is -3.68. The van der Waals surface area contributed by atoms with Crippen molar-refractivity contribution in [2.45, 2.75) is 11.4 Å². The lowest BCUT2D eigenvalue weighted by Gasteiger charge is -2.22. The van der Waals surface area contributed by atoms with Crippen LogP contribution in [0.25, 0.3) is 0 Å². The molecular formula is C15H15Cl2NO2S. The molecule has 0 aliphatic rings. The molecule has 2 aromatic rings. The number of nitrogens with zero attached hydrogens (tertiary/aromatic N) is 1. The molecule has 0 bridgehead atoms. The topological polar surface area (TPSA) is 37.4 Å². The van der Waals surface area contributed by atoms with Gasteiger partial charge < -0.3 is 0 Å². The van der Waals surface area contributed by atoms with Gasteiger partial charge in [-0.1, -0.05) is 54.1 Å². The van der Waals surface area contributed by atoms with Gasteiger partial charge >= 0.3 is 0 Å². The van der Waals surface area contributed by atoms with Gasteiger partial charge in [0.05, 0.1) is 5.02 Å². The van der Waals surface area contributed by atoms with Crippen molar-refractivity contribution in [3.63, 3.8) is 0 Å². The van der Waals surface area contributed by atoms with E-state index in [9.17, 15) is 8.42 Å². The van der Waals surface area contributed by atoms with Gasteiger partial charge in [0, 0.05) is 19.0 Å². The zero-order valence-electron chi connectivity index (χ0n) is 11.2. The fraction of sp³-hybridized carbons (Fsp3) is 0.200. The lowest BCUT2D eigenvalue weighted by atomic mass is 10.2. The van der Waals surface area contributed by atoms with E-state index in [1.807, 2.05) is 30.3 Å². The van der Waals surface area contributed by atoms with E-state index in [2.05, 4.69) is 0 Å². The Labute approximate surface area is 135 Å². The highest BCUT2D eigenvalue weighted by molar-refractivity contribution is 7.89. The van der Waals surface area contributed by atoms with Gasteiger partial charge in [-0.2, -0.15) is 4.31 Å². The van der Waals surface area contributed by atoms with Gasteiger partial charge in [0.25, 0.3) is 0 Å². The summed E-state index contributed by atoms with van der Waals surface area (Å²) in [4.78, 5) is 0.104. The first-order valence-electron chi connectivity index (χ1n) is 6.40. The summed E-state index contributed by atoms with van der Waals surface area (Å²) in [6.45, 7) is 0.491. The van der Waals surface area contributed by atoms with Crippen molar-refractivity contribution in [1.29, 1.82) is 0 Å². The maximum atomic E-state index is 12.7. The van der Waals surface area contributed by atoms with E-state index < -0.39 is 10.0 Å². The first kappa shape index (κ1) is 16.3. The molecule has 0 aliphatic carbocycles. The van der Waals surface area contributed by atoms with Crippen LogP contribution in [0.15, 0.2) is 59.5 Å². The van der Waals surface area contributed by atoms with Crippen molar-refractivity contribution in [2.75, 3.05) is 12.4 Å². The van der Waals surface area contributed by atoms with Crippen LogP contribution in [0, 0.1) is 0 Å². The number of hydrogen-bond acceptors (Lipinski definition) is 2. The highest BCUT2D eigenvalue weighted by Crippen LogP contribution is 2.25. The normalized spacial score (nSPS) is 11.8. The Bertz CT molecular complexity index is 690. The predicted molar refractivity (Wildman–Crippen MR) is 86.2 cm³/mol. The second-order valence-electron chi connectivity index (χ2n) is 4.44. The van der Waals surface area contributed by atoms with E-state index in [0.29, 0.717) is 0 Å². The van der Waals surface area contributed by atoms with E-state index in [4.69, 9.17) is 23.2 Å². The van der Waals surface area contributed by atoms with Crippen molar-refractivity contribution in [1.82, 2.24) is 4.31 Å². The Balaban J connectivity index is 2.35. The standard InChI is InChI=1S/C15H15Cl2NO2S/c16-10-11-18(12-13-6-2-1-3-7-13)21(19,20)15-9-5-4-8-14(15)17/h1-9H,10-12H2. The van der Waals surface area contributed by atoms with E-state index >= 15 is 0 Å². The summed E-state index contributed by atoms with van der Waals surface area (Å²) in [5.74, 6) is 0.219. The maximum absolute atomic E-state index is 12.7. The van der Waals surface area contributed by atoms with E-state index in [1.165, 1.54) is 10.4 Å². The van der Waals surface area contributed by atoms with Gasteiger partial charge in [0.15, 0.2) is 0 Å². The quantitative estimate of drug-likeness (QED) is 0.748. The highest BCUT2D eigenvalue weighted by Gasteiger charge is 2.26. The third kappa shape index (κ3) is 3.98. The van der Waals surface area contributed by atoms with E-state index in [1.54, 1.807) is 18.2 Å². The minimum Gasteiger partial charge on any atom is -0.207 e. The number of benzene rings is 2. The summed E-state index contributed by atoms with van der Waals surface area (Å²) >= 11 is 11.8. The van der Waals surface area contributed by atoms with Crippen molar-refractivity contribution < 1.29 is 8.42 Å². The Hall–Kier alpha value is -1.07. The van der Waals surface area contributed by atoms with Crippen molar-refractivity contribution in [2.24, 2.45) is 0 Å². The summed E-state index contributed by atoms with van der Waals surface area (Å²) in [6, 6.07) is 15.8. The van der Waals surface area contributed by atoms with Crippen molar-refractivity contribution >= 4 is 33.2 Å². The van der Waals surface area contributed by atoms with E-state index in [0.717, 1.165) is 5.56 Å². The molecule has 0 spiro atoms. The highest BCUT2D eigenvalue weighted by atomic mass is 35.5. The summed E-state index contributed by atoms with van der Waals surface area (Å²) in [5, 5.41) is 0.213. The van der Waals surface area contributed by atoms with Crippen LogP contribution in [0.3, 0.4) is 0 Å². The van der Waals surface area contributed by atoms with Crippen LogP contribution in [0.4, 0.5) is 0 Å². The second kappa shape index (κ2) is 7.27. The molecule has 2 rings (SSSR count). The Morgan fingerprint density at radius 1 is 0.952 bits per heavy atom. The van der Waals surface area contributed by atoms with Crippen LogP contribution in [0.2, 0.25) is 5.02 Å². The molecule has 0 amide bonds. The van der Waals surface area contributed by atoms with Crippen LogP contribution >= 0.6 is 23.2 Å². The molecule has 0 N–H and O–H groups in total. The summed E-state index contributed by atoms with van der Waals surface area (Å²) in [6.07, 6.45) is 0. The van der Waals surface area contributed by atoms with Gasteiger partial charge in [-0.25, -0.2) is 8.42 Å². The van der Waals surface area contributed by atoms with Crippen molar-refractivity contribution in [3.05, 3.63) is 65.2 Å². The first-order valence-corrected chi connectivity index (χ1v) is 8.75. The van der Waals surface area contributed by atoms with Gasteiger partial charge in [0.1, 0.15) is 4.90 Å². The molecule has 112 valence electrons. The third-order valence-electron chi connectivity index (χ3n) is 2.99. The molecule has 0 radical (unpaired) electrons. The van der Waals surface area contributed by atoms with Crippen LogP contribution in [-0.2, 0) is 16.6 Å². The molecule has 0 saturated heterocycles. The van der Waals surface area contributed by atoms with Gasteiger partial charge in [0.2, 0.25) is 10.0 Å². The Morgan fingerprint density at radius 2 is 1.57 bits per heavy atom. The molecule has 0 atom stereocenters. The van der Waals surface area contributed by atoms with Gasteiger partial charge in [-0.05, 0) is 17.7 Å². The van der Waals surface area contributed by atoms with Gasteiger partial charge in [-0.15, -0.1) is 11.6 Å². The van der Waals surface area contributed by atoms with Crippen molar-refractivity contribution in [3.8, 4) is 0 Å². The van der Waals surface area contributed by atoms with E-state index in [-0.39, 0.29) is 28.9 Å². The monoisotopic (exact) mass is 343 g/mol. The lowest BCUT2D eigenvalue weighted by molar-refractivity contribution is 0.425. The minimum atomic E-state index is -3.68. The average Bonchev–Trinajstić information content (AvgIpc) is 2.48. The molecule has 0 heterocycles. The maximum Gasteiger partial charge on any atom is 0.244 e. The summed E-state index contributed by atoms with van der Waals surface area (Å²) < 4.78 is 26.8. The number of alkyl halides is 1. The summed E-state index contributed by atoms with van der Waals surface area (Å²) in [5.41, 5.74) is 0.901. The molecule has 3 nitrogen and oxygen atoms in total. The van der Waals surface area contributed by atoms with Crippen LogP contribution in [0.5, 0.6) is 0 Å². The van der Waals surface area contributed by atoms with Crippen LogP contribution in [-0.4, -0.2) is 25.1 Å². The molecule has 0 saturated carbocycles. The number of hydrogen-bond donors (Lipinski definition) is 0. The number of halogens is 2. The molecule has 21 heavy (non-hydrogen) atoms. The molecule has 6 heteroatoms. The SMILES string of the molecule is O=S(=O)(c1ccccc1Cl)N(CCCl)Cc1ccccc1. The Kier molecular flexibility index (Phi) is 5.65. The largest absolute Gasteiger partial charge is 0.244 e. The number of rotatable bonds is 6. The molecule has 0 fully saturated rings. The predicted octanol–water partition coefficient (Wildman–Crippen LogP) is 3.77. The second-order valence-corrected chi connectivity index (χ2v) is 7.14. The Morgan fingerprint density at radius 3 is 2.19 bits per heavy atom. The minimum absolute atomic E-state index is 0.104. The lowest BCUT2D eigenvalue weighted by Crippen LogP contribution is -2.32. The molecule has 0 unspecified atom stereocenters. The van der Waals surface area contributed by atoms with Gasteiger partial charge in [-0.3, -0.25) is 0 Å². The number of sulfonamides is 1. The molecule has 0 aliphatic heterocycles. The smallest absolute Gasteiger partial charge is 0.207 e. The fourth-order valence-corrected chi connectivity index (χ4v) is 4.18. The first-order chi connectivity index (χ1) is 10.1. The van der Waals surface area contributed by atoms with Crippen LogP contribution in [0.1, 0.15) is 5.56 Å².